The Bertz CT molecular complexity index is 1750. The quantitative estimate of drug-likeness (QED) is 0.270. The van der Waals surface area contributed by atoms with Crippen LogP contribution in [0.5, 0.6) is 5.75 Å². The van der Waals surface area contributed by atoms with Crippen LogP contribution >= 0.6 is 0 Å². The molecular formula is C31H37N3O5S. The average molecular weight is 564 g/mol. The lowest BCUT2D eigenvalue weighted by molar-refractivity contribution is 0.0984. The van der Waals surface area contributed by atoms with Crippen LogP contribution in [0.2, 0.25) is 0 Å². The first-order valence-corrected chi connectivity index (χ1v) is 14.8. The third-order valence-electron chi connectivity index (χ3n) is 7.04. The second-order valence-electron chi connectivity index (χ2n) is 10.8. The Kier molecular flexibility index (Phi) is 8.37. The van der Waals surface area contributed by atoms with Gasteiger partial charge in [-0.3, -0.25) is 9.59 Å². The van der Waals surface area contributed by atoms with E-state index < -0.39 is 15.3 Å². The van der Waals surface area contributed by atoms with Gasteiger partial charge in [-0.2, -0.15) is 0 Å². The number of carbonyl (C=O) groups excluding carboxylic acids is 1. The molecule has 0 saturated heterocycles. The number of H-pyrrole nitrogens is 1. The number of nitrogens with zero attached hydrogens (tertiary/aromatic N) is 2. The lowest BCUT2D eigenvalue weighted by atomic mass is 9.93. The number of carbonyl (C=O) groups is 1. The minimum atomic E-state index is -3.69. The molecule has 2 aromatic carbocycles. The number of fused-ring (bicyclic) bond motifs is 1. The van der Waals surface area contributed by atoms with Crippen molar-refractivity contribution in [2.45, 2.75) is 52.3 Å². The van der Waals surface area contributed by atoms with Gasteiger partial charge in [0.25, 0.3) is 5.56 Å². The Morgan fingerprint density at radius 3 is 2.45 bits per heavy atom. The molecule has 2 heterocycles. The number of aryl methyl sites for hydroxylation is 2. The van der Waals surface area contributed by atoms with Crippen LogP contribution in [0.4, 0.5) is 0 Å². The van der Waals surface area contributed by atoms with Gasteiger partial charge < -0.3 is 14.6 Å². The van der Waals surface area contributed by atoms with Gasteiger partial charge in [0.05, 0.1) is 23.4 Å². The van der Waals surface area contributed by atoms with Crippen LogP contribution in [-0.4, -0.2) is 54.5 Å². The summed E-state index contributed by atoms with van der Waals surface area (Å²) in [5.41, 5.74) is 5.13. The van der Waals surface area contributed by atoms with Crippen molar-refractivity contribution in [3.05, 3.63) is 87.0 Å². The van der Waals surface area contributed by atoms with Gasteiger partial charge in [-0.15, -0.1) is 0 Å². The van der Waals surface area contributed by atoms with Crippen LogP contribution in [-0.2, 0) is 23.0 Å². The molecule has 0 aliphatic carbocycles. The van der Waals surface area contributed by atoms with Gasteiger partial charge in [0.2, 0.25) is 10.0 Å². The average Bonchev–Trinajstić information content (AvgIpc) is 3.23. The Balaban J connectivity index is 1.88. The SMILES string of the molecule is COc1cc(C)[nH]c(=O)c1CCC(=O)c1cc(-c2cccc(CN(C)C)c2)cc2c1c(C)cn2S(=O)(=O)C(C)C. The third kappa shape index (κ3) is 5.76. The monoisotopic (exact) mass is 563 g/mol. The van der Waals surface area contributed by atoms with E-state index in [-0.39, 0.29) is 24.2 Å². The van der Waals surface area contributed by atoms with Crippen LogP contribution in [0.3, 0.4) is 0 Å². The fourth-order valence-corrected chi connectivity index (χ4v) is 6.22. The highest BCUT2D eigenvalue weighted by molar-refractivity contribution is 7.90. The van der Waals surface area contributed by atoms with Gasteiger partial charge in [-0.1, -0.05) is 18.2 Å². The van der Waals surface area contributed by atoms with Crippen molar-refractivity contribution < 1.29 is 17.9 Å². The van der Waals surface area contributed by atoms with Gasteiger partial charge in [0, 0.05) is 35.8 Å². The van der Waals surface area contributed by atoms with E-state index in [0.717, 1.165) is 23.2 Å². The first kappa shape index (κ1) is 29.3. The molecule has 0 bridgehead atoms. The smallest absolute Gasteiger partial charge is 0.255 e. The van der Waals surface area contributed by atoms with E-state index in [1.807, 2.05) is 51.4 Å². The molecule has 0 saturated carbocycles. The maximum absolute atomic E-state index is 13.8. The summed E-state index contributed by atoms with van der Waals surface area (Å²) < 4.78 is 33.4. The number of Topliss-reactive ketones (excluding diaryl/α,β-unsaturated/α-hetero) is 1. The maximum Gasteiger partial charge on any atom is 0.255 e. The van der Waals surface area contributed by atoms with E-state index in [9.17, 15) is 18.0 Å². The number of ether oxygens (including phenoxy) is 1. The maximum atomic E-state index is 13.8. The first-order valence-electron chi connectivity index (χ1n) is 13.3. The highest BCUT2D eigenvalue weighted by atomic mass is 32.2. The summed E-state index contributed by atoms with van der Waals surface area (Å²) in [6.45, 7) is 7.61. The van der Waals surface area contributed by atoms with Crippen molar-refractivity contribution in [1.29, 1.82) is 0 Å². The van der Waals surface area contributed by atoms with Crippen molar-refractivity contribution in [3.63, 3.8) is 0 Å². The molecule has 4 aromatic rings. The normalized spacial score (nSPS) is 12.0. The van der Waals surface area contributed by atoms with E-state index in [1.54, 1.807) is 33.0 Å². The number of aromatic nitrogens is 2. The van der Waals surface area contributed by atoms with E-state index in [2.05, 4.69) is 16.0 Å². The summed E-state index contributed by atoms with van der Waals surface area (Å²) in [5, 5.41) is -0.0401. The van der Waals surface area contributed by atoms with Crippen LogP contribution in [0, 0.1) is 13.8 Å². The number of rotatable bonds is 10. The zero-order chi connectivity index (χ0) is 29.4. The molecule has 0 amide bonds. The molecule has 0 spiro atoms. The molecule has 212 valence electrons. The Morgan fingerprint density at radius 2 is 1.80 bits per heavy atom. The number of aromatic amines is 1. The number of pyridine rings is 1. The largest absolute Gasteiger partial charge is 0.496 e. The lowest BCUT2D eigenvalue weighted by Gasteiger charge is -2.14. The molecule has 8 nitrogen and oxygen atoms in total. The van der Waals surface area contributed by atoms with Gasteiger partial charge in [-0.25, -0.2) is 12.4 Å². The Hall–Kier alpha value is -3.69. The van der Waals surface area contributed by atoms with E-state index in [4.69, 9.17) is 4.74 Å². The van der Waals surface area contributed by atoms with E-state index in [0.29, 0.717) is 39.0 Å². The molecule has 40 heavy (non-hydrogen) atoms. The van der Waals surface area contributed by atoms with Crippen LogP contribution in [0.25, 0.3) is 22.0 Å². The standard InChI is InChI=1S/C31H37N3O5S/c1-19(2)40(37,38)34-17-20(3)30-26(28(35)12-11-25-29(39-7)13-21(4)32-31(25)36)15-24(16-27(30)34)23-10-8-9-22(14-23)18-33(5)6/h8-10,13-17,19H,11-12,18H2,1-7H3,(H,32,36). The number of methoxy groups -OCH3 is 1. The summed E-state index contributed by atoms with van der Waals surface area (Å²) in [4.78, 5) is 31.3. The molecule has 2 aromatic heterocycles. The fraction of sp³-hybridized carbons (Fsp3) is 0.355. The summed E-state index contributed by atoms with van der Waals surface area (Å²) in [7, 11) is 1.80. The third-order valence-corrected chi connectivity index (χ3v) is 9.08. The molecule has 9 heteroatoms. The van der Waals surface area contributed by atoms with Crippen molar-refractivity contribution in [2.75, 3.05) is 21.2 Å². The van der Waals surface area contributed by atoms with Crippen molar-refractivity contribution in [3.8, 4) is 16.9 Å². The van der Waals surface area contributed by atoms with Crippen LogP contribution in [0.15, 0.2) is 53.5 Å². The predicted octanol–water partition coefficient (Wildman–Crippen LogP) is 5.09. The molecule has 0 aliphatic rings. The van der Waals surface area contributed by atoms with Gasteiger partial charge in [-0.05, 0) is 94.7 Å². The predicted molar refractivity (Wildman–Crippen MR) is 160 cm³/mol. The van der Waals surface area contributed by atoms with E-state index >= 15 is 0 Å². The molecule has 1 N–H and O–H groups in total. The molecule has 0 unspecified atom stereocenters. The number of benzene rings is 2. The van der Waals surface area contributed by atoms with Crippen molar-refractivity contribution in [1.82, 2.24) is 13.9 Å². The molecule has 0 aliphatic heterocycles. The number of hydrogen-bond donors (Lipinski definition) is 1. The first-order chi connectivity index (χ1) is 18.8. The number of nitrogens with one attached hydrogen (secondary N) is 1. The summed E-state index contributed by atoms with van der Waals surface area (Å²) in [6, 6.07) is 13.5. The molecule has 0 radical (unpaired) electrons. The van der Waals surface area contributed by atoms with E-state index in [1.165, 1.54) is 11.1 Å². The Labute approximate surface area is 235 Å². The minimum Gasteiger partial charge on any atom is -0.496 e. The lowest BCUT2D eigenvalue weighted by Crippen LogP contribution is -2.21. The zero-order valence-corrected chi connectivity index (χ0v) is 25.0. The Morgan fingerprint density at radius 1 is 1.07 bits per heavy atom. The van der Waals surface area contributed by atoms with Crippen molar-refractivity contribution in [2.24, 2.45) is 0 Å². The highest BCUT2D eigenvalue weighted by Gasteiger charge is 2.25. The topological polar surface area (TPSA) is 101 Å². The second-order valence-corrected chi connectivity index (χ2v) is 13.2. The summed E-state index contributed by atoms with van der Waals surface area (Å²) >= 11 is 0. The molecular weight excluding hydrogens is 526 g/mol. The zero-order valence-electron chi connectivity index (χ0n) is 24.2. The number of ketones is 1. The second kappa shape index (κ2) is 11.4. The highest BCUT2D eigenvalue weighted by Crippen LogP contribution is 2.34. The summed E-state index contributed by atoms with van der Waals surface area (Å²) in [6.07, 6.45) is 1.84. The van der Waals surface area contributed by atoms with Crippen molar-refractivity contribution >= 4 is 26.7 Å². The molecule has 0 atom stereocenters. The van der Waals surface area contributed by atoms with Crippen LogP contribution in [0.1, 0.15) is 53.0 Å². The van der Waals surface area contributed by atoms with Gasteiger partial charge in [0.1, 0.15) is 5.75 Å². The molecule has 0 fully saturated rings. The van der Waals surface area contributed by atoms with Gasteiger partial charge in [0.15, 0.2) is 5.78 Å². The molecule has 4 rings (SSSR count). The summed E-state index contributed by atoms with van der Waals surface area (Å²) in [5.74, 6) is 0.261. The van der Waals surface area contributed by atoms with Crippen LogP contribution < -0.4 is 10.3 Å². The minimum absolute atomic E-state index is 0.0588. The van der Waals surface area contributed by atoms with Gasteiger partial charge >= 0.3 is 0 Å². The number of hydrogen-bond acceptors (Lipinski definition) is 6. The fourth-order valence-electron chi connectivity index (χ4n) is 5.04.